The average molecular weight is 345 g/mol. The third-order valence-electron chi connectivity index (χ3n) is 2.66. The first kappa shape index (κ1) is 16.7. The van der Waals surface area contributed by atoms with E-state index in [1.54, 1.807) is 0 Å². The summed E-state index contributed by atoms with van der Waals surface area (Å²) in [6.07, 6.45) is -2.60. The van der Waals surface area contributed by atoms with Crippen molar-refractivity contribution in [3.05, 3.63) is 62.8 Å². The zero-order chi connectivity index (χ0) is 17.0. The molecule has 120 valence electrons. The molecule has 0 aliphatic carbocycles. The molecule has 0 unspecified atom stereocenters. The Labute approximate surface area is 132 Å². The van der Waals surface area contributed by atoms with E-state index in [-0.39, 0.29) is 22.1 Å². The number of hydrazone groups is 1. The first-order valence-electron chi connectivity index (χ1n) is 6.03. The summed E-state index contributed by atoms with van der Waals surface area (Å²) in [5.74, 6) is 0.0794. The van der Waals surface area contributed by atoms with E-state index in [4.69, 9.17) is 11.6 Å². The van der Waals surface area contributed by atoms with Crippen molar-refractivity contribution >= 4 is 29.3 Å². The van der Waals surface area contributed by atoms with E-state index in [1.165, 1.54) is 24.4 Å². The summed E-state index contributed by atoms with van der Waals surface area (Å²) in [5.41, 5.74) is 1.64. The zero-order valence-electron chi connectivity index (χ0n) is 11.2. The van der Waals surface area contributed by atoms with Crippen molar-refractivity contribution in [1.82, 2.24) is 4.98 Å². The van der Waals surface area contributed by atoms with Gasteiger partial charge in [-0.25, -0.2) is 4.98 Å². The van der Waals surface area contributed by atoms with Crippen LogP contribution in [0.15, 0.2) is 41.6 Å². The molecule has 0 bridgehead atoms. The second kappa shape index (κ2) is 6.61. The van der Waals surface area contributed by atoms with Crippen molar-refractivity contribution < 1.29 is 18.1 Å². The highest BCUT2D eigenvalue weighted by Crippen LogP contribution is 2.28. The van der Waals surface area contributed by atoms with E-state index in [2.05, 4.69) is 15.5 Å². The molecule has 0 atom stereocenters. The predicted octanol–water partition coefficient (Wildman–Crippen LogP) is 4.11. The summed E-state index contributed by atoms with van der Waals surface area (Å²) in [6.45, 7) is 0. The fourth-order valence-corrected chi connectivity index (χ4v) is 1.71. The normalized spacial score (nSPS) is 11.7. The number of hydrogen-bond donors (Lipinski definition) is 1. The van der Waals surface area contributed by atoms with Crippen LogP contribution in [0.5, 0.6) is 0 Å². The Bertz CT molecular complexity index is 748. The molecule has 0 amide bonds. The first-order valence-corrected chi connectivity index (χ1v) is 6.41. The number of nitro benzene ring substituents is 1. The third-order valence-corrected chi connectivity index (χ3v) is 3.01. The van der Waals surface area contributed by atoms with Gasteiger partial charge in [-0.1, -0.05) is 11.6 Å². The van der Waals surface area contributed by atoms with Crippen LogP contribution in [0.3, 0.4) is 0 Å². The first-order chi connectivity index (χ1) is 10.8. The molecular formula is C13H8ClF3N4O2. The second-order valence-electron chi connectivity index (χ2n) is 4.26. The molecule has 0 saturated carbocycles. The molecule has 2 aromatic rings. The zero-order valence-corrected chi connectivity index (χ0v) is 12.0. The van der Waals surface area contributed by atoms with Gasteiger partial charge in [0.05, 0.1) is 16.7 Å². The minimum atomic E-state index is -4.47. The molecule has 0 aliphatic heterocycles. The van der Waals surface area contributed by atoms with Crippen LogP contribution in [0.25, 0.3) is 0 Å². The number of nitro groups is 1. The molecule has 0 saturated heterocycles. The van der Waals surface area contributed by atoms with E-state index in [0.29, 0.717) is 6.20 Å². The molecule has 2 rings (SSSR count). The lowest BCUT2D eigenvalue weighted by atomic mass is 10.2. The fourth-order valence-electron chi connectivity index (χ4n) is 1.54. The van der Waals surface area contributed by atoms with Gasteiger partial charge in [-0.3, -0.25) is 15.5 Å². The Morgan fingerprint density at radius 2 is 2.04 bits per heavy atom. The summed E-state index contributed by atoms with van der Waals surface area (Å²) in [4.78, 5) is 13.6. The number of nitrogens with one attached hydrogen (secondary N) is 1. The Morgan fingerprint density at radius 3 is 2.61 bits per heavy atom. The molecule has 23 heavy (non-hydrogen) atoms. The summed E-state index contributed by atoms with van der Waals surface area (Å²) in [5, 5.41) is 14.6. The number of nitrogens with zero attached hydrogens (tertiary/aromatic N) is 3. The smallest absolute Gasteiger partial charge is 0.261 e. The largest absolute Gasteiger partial charge is 0.417 e. The molecule has 1 aromatic heterocycles. The highest BCUT2D eigenvalue weighted by atomic mass is 35.5. The van der Waals surface area contributed by atoms with Crippen molar-refractivity contribution in [3.8, 4) is 0 Å². The molecule has 0 radical (unpaired) electrons. The quantitative estimate of drug-likeness (QED) is 0.514. The molecule has 6 nitrogen and oxygen atoms in total. The van der Waals surface area contributed by atoms with Crippen LogP contribution in [0.4, 0.5) is 24.7 Å². The number of rotatable bonds is 4. The van der Waals surface area contributed by atoms with Gasteiger partial charge >= 0.3 is 6.18 Å². The van der Waals surface area contributed by atoms with E-state index >= 15 is 0 Å². The Hall–Kier alpha value is -2.68. The van der Waals surface area contributed by atoms with Crippen molar-refractivity contribution in [2.45, 2.75) is 6.18 Å². The van der Waals surface area contributed by atoms with Gasteiger partial charge in [0.1, 0.15) is 5.82 Å². The van der Waals surface area contributed by atoms with Gasteiger partial charge in [-0.05, 0) is 18.2 Å². The number of hydrogen-bond acceptors (Lipinski definition) is 5. The van der Waals surface area contributed by atoms with E-state index in [9.17, 15) is 23.3 Å². The second-order valence-corrected chi connectivity index (χ2v) is 4.67. The van der Waals surface area contributed by atoms with Crippen LogP contribution in [-0.2, 0) is 6.18 Å². The van der Waals surface area contributed by atoms with Crippen LogP contribution in [0, 0.1) is 10.1 Å². The van der Waals surface area contributed by atoms with Crippen LogP contribution in [-0.4, -0.2) is 16.1 Å². The van der Waals surface area contributed by atoms with Crippen LogP contribution in [0.1, 0.15) is 11.1 Å². The van der Waals surface area contributed by atoms with Gasteiger partial charge in [-0.2, -0.15) is 18.3 Å². The van der Waals surface area contributed by atoms with Crippen molar-refractivity contribution in [3.63, 3.8) is 0 Å². The molecule has 0 spiro atoms. The lowest BCUT2D eigenvalue weighted by Crippen LogP contribution is -2.05. The summed E-state index contributed by atoms with van der Waals surface area (Å²) < 4.78 is 37.1. The predicted molar refractivity (Wildman–Crippen MR) is 78.6 cm³/mol. The number of halogens is 4. The molecule has 0 aliphatic rings. The number of anilines is 1. The minimum Gasteiger partial charge on any atom is -0.261 e. The van der Waals surface area contributed by atoms with E-state index < -0.39 is 16.7 Å². The lowest BCUT2D eigenvalue weighted by Gasteiger charge is -2.06. The molecule has 1 N–H and O–H groups in total. The maximum absolute atomic E-state index is 12.4. The van der Waals surface area contributed by atoms with Gasteiger partial charge in [0.15, 0.2) is 0 Å². The standard InChI is InChI=1S/C13H8ClF3N4O2/c14-11-3-2-10(21(22)23)5-8(11)6-19-20-12-4-1-9(7-18-12)13(15,16)17/h1-7H,(H,18,20)/b19-6+. The van der Waals surface area contributed by atoms with E-state index in [0.717, 1.165) is 12.1 Å². The van der Waals surface area contributed by atoms with Crippen LogP contribution in [0.2, 0.25) is 5.02 Å². The van der Waals surface area contributed by atoms with Gasteiger partial charge in [-0.15, -0.1) is 0 Å². The Morgan fingerprint density at radius 1 is 1.30 bits per heavy atom. The van der Waals surface area contributed by atoms with Gasteiger partial charge in [0.25, 0.3) is 5.69 Å². The molecule has 0 fully saturated rings. The SMILES string of the molecule is O=[N+]([O-])c1ccc(Cl)c(/C=N/Nc2ccc(C(F)(F)F)cn2)c1. The van der Waals surface area contributed by atoms with Gasteiger partial charge in [0, 0.05) is 28.9 Å². The monoisotopic (exact) mass is 344 g/mol. The van der Waals surface area contributed by atoms with Crippen LogP contribution >= 0.6 is 11.6 Å². The van der Waals surface area contributed by atoms with Crippen molar-refractivity contribution in [2.24, 2.45) is 5.10 Å². The third kappa shape index (κ3) is 4.39. The number of alkyl halides is 3. The highest BCUT2D eigenvalue weighted by Gasteiger charge is 2.30. The maximum Gasteiger partial charge on any atom is 0.417 e. The summed E-state index contributed by atoms with van der Waals surface area (Å²) in [7, 11) is 0. The lowest BCUT2D eigenvalue weighted by molar-refractivity contribution is -0.384. The maximum atomic E-state index is 12.4. The van der Waals surface area contributed by atoms with Crippen molar-refractivity contribution in [2.75, 3.05) is 5.43 Å². The number of pyridine rings is 1. The highest BCUT2D eigenvalue weighted by molar-refractivity contribution is 6.33. The topological polar surface area (TPSA) is 80.4 Å². The minimum absolute atomic E-state index is 0.0794. The fraction of sp³-hybridized carbons (Fsp3) is 0.0769. The van der Waals surface area contributed by atoms with Crippen molar-refractivity contribution in [1.29, 1.82) is 0 Å². The number of aromatic nitrogens is 1. The summed E-state index contributed by atoms with van der Waals surface area (Å²) >= 11 is 5.87. The Balaban J connectivity index is 2.10. The van der Waals surface area contributed by atoms with E-state index in [1.807, 2.05) is 0 Å². The molecule has 10 heteroatoms. The molecular weight excluding hydrogens is 337 g/mol. The molecule has 1 aromatic carbocycles. The number of benzene rings is 1. The number of non-ortho nitro benzene ring substituents is 1. The molecule has 1 heterocycles. The van der Waals surface area contributed by atoms with Gasteiger partial charge < -0.3 is 0 Å². The van der Waals surface area contributed by atoms with Gasteiger partial charge in [0.2, 0.25) is 0 Å². The van der Waals surface area contributed by atoms with Crippen LogP contribution < -0.4 is 5.43 Å². The Kier molecular flexibility index (Phi) is 4.80. The summed E-state index contributed by atoms with van der Waals surface area (Å²) in [6, 6.07) is 5.76. The average Bonchev–Trinajstić information content (AvgIpc) is 2.48.